The Balaban J connectivity index is 2.01. The average Bonchev–Trinajstić information content (AvgIpc) is 2.48. The fraction of sp³-hybridized carbons (Fsp3) is 0.0625. The summed E-state index contributed by atoms with van der Waals surface area (Å²) in [6, 6.07) is 12.4. The van der Waals surface area contributed by atoms with Crippen molar-refractivity contribution in [2.45, 2.75) is 6.92 Å². The van der Waals surface area contributed by atoms with E-state index in [4.69, 9.17) is 0 Å². The van der Waals surface area contributed by atoms with Gasteiger partial charge in [0.25, 0.3) is 5.91 Å². The van der Waals surface area contributed by atoms with E-state index in [0.29, 0.717) is 16.7 Å². The lowest BCUT2D eigenvalue weighted by molar-refractivity contribution is 0.102. The smallest absolute Gasteiger partial charge is 0.261 e. The van der Waals surface area contributed by atoms with Gasteiger partial charge in [-0.15, -0.1) is 0 Å². The Morgan fingerprint density at radius 1 is 1.14 bits per heavy atom. The predicted octanol–water partition coefficient (Wildman–Crippen LogP) is 2.48. The lowest BCUT2D eigenvalue weighted by Crippen LogP contribution is -2.22. The summed E-state index contributed by atoms with van der Waals surface area (Å²) in [5, 5.41) is 3.10. The Bertz CT molecular complexity index is 870. The Kier molecular flexibility index (Phi) is 3.23. The van der Waals surface area contributed by atoms with Crippen molar-refractivity contribution >= 4 is 22.6 Å². The van der Waals surface area contributed by atoms with Crippen LogP contribution in [0.15, 0.2) is 53.5 Å². The van der Waals surface area contributed by atoms with Crippen LogP contribution in [0.5, 0.6) is 0 Å². The van der Waals surface area contributed by atoms with E-state index < -0.39 is 5.91 Å². The van der Waals surface area contributed by atoms with E-state index in [0.717, 1.165) is 5.69 Å². The molecular formula is C16H13N3O2. The number of fused-ring (bicyclic) bond motifs is 1. The number of anilines is 1. The minimum atomic E-state index is -0.440. The number of carbonyl (C=O) groups excluding carboxylic acids is 1. The van der Waals surface area contributed by atoms with E-state index in [-0.39, 0.29) is 11.0 Å². The highest BCUT2D eigenvalue weighted by molar-refractivity contribution is 6.05. The van der Waals surface area contributed by atoms with Crippen LogP contribution in [0.1, 0.15) is 16.1 Å². The van der Waals surface area contributed by atoms with Crippen molar-refractivity contribution in [3.05, 3.63) is 70.1 Å². The second-order valence-electron chi connectivity index (χ2n) is 4.70. The molecule has 0 bridgehead atoms. The first-order chi connectivity index (χ1) is 10.1. The molecule has 0 atom stereocenters. The number of nitrogens with zero attached hydrogens (tertiary/aromatic N) is 1. The average molecular weight is 279 g/mol. The Morgan fingerprint density at radius 3 is 2.67 bits per heavy atom. The van der Waals surface area contributed by atoms with Crippen LogP contribution in [-0.2, 0) is 0 Å². The lowest BCUT2D eigenvalue weighted by Gasteiger charge is -2.05. The third-order valence-corrected chi connectivity index (χ3v) is 3.15. The Morgan fingerprint density at radius 2 is 1.90 bits per heavy atom. The van der Waals surface area contributed by atoms with Gasteiger partial charge in [0.05, 0.1) is 5.39 Å². The van der Waals surface area contributed by atoms with Crippen LogP contribution >= 0.6 is 0 Å². The molecule has 5 heteroatoms. The summed E-state index contributed by atoms with van der Waals surface area (Å²) in [5.41, 5.74) is 1.67. The number of hydrogen-bond acceptors (Lipinski definition) is 3. The molecule has 3 aromatic rings. The number of pyridine rings is 2. The van der Waals surface area contributed by atoms with Gasteiger partial charge in [0.1, 0.15) is 11.2 Å². The van der Waals surface area contributed by atoms with Crippen molar-refractivity contribution in [3.63, 3.8) is 0 Å². The minimum Gasteiger partial charge on any atom is -0.345 e. The van der Waals surface area contributed by atoms with Gasteiger partial charge in [0.2, 0.25) is 5.43 Å². The summed E-state index contributed by atoms with van der Waals surface area (Å²) in [6.07, 6.45) is 1.40. The molecule has 0 aliphatic carbocycles. The SMILES string of the molecule is Cc1ccc2c(=O)c(C(=O)Nc3ccccc3)c[nH]c2n1. The molecule has 0 fully saturated rings. The van der Waals surface area contributed by atoms with Gasteiger partial charge in [-0.25, -0.2) is 4.98 Å². The predicted molar refractivity (Wildman–Crippen MR) is 81.5 cm³/mol. The molecule has 0 radical (unpaired) electrons. The lowest BCUT2D eigenvalue weighted by atomic mass is 10.1. The van der Waals surface area contributed by atoms with E-state index in [1.807, 2.05) is 25.1 Å². The van der Waals surface area contributed by atoms with Crippen LogP contribution in [0.4, 0.5) is 5.69 Å². The van der Waals surface area contributed by atoms with Crippen LogP contribution in [0.2, 0.25) is 0 Å². The summed E-state index contributed by atoms with van der Waals surface area (Å²) in [7, 11) is 0. The molecule has 2 heterocycles. The molecule has 3 rings (SSSR count). The highest BCUT2D eigenvalue weighted by Gasteiger charge is 2.13. The fourth-order valence-corrected chi connectivity index (χ4v) is 2.09. The van der Waals surface area contributed by atoms with Gasteiger partial charge in [0, 0.05) is 17.6 Å². The van der Waals surface area contributed by atoms with Gasteiger partial charge in [-0.1, -0.05) is 18.2 Å². The van der Waals surface area contributed by atoms with Crippen LogP contribution < -0.4 is 10.7 Å². The second kappa shape index (κ2) is 5.20. The highest BCUT2D eigenvalue weighted by atomic mass is 16.2. The van der Waals surface area contributed by atoms with Crippen molar-refractivity contribution in [2.75, 3.05) is 5.32 Å². The maximum absolute atomic E-state index is 12.4. The van der Waals surface area contributed by atoms with Gasteiger partial charge < -0.3 is 10.3 Å². The summed E-state index contributed by atoms with van der Waals surface area (Å²) in [4.78, 5) is 31.7. The zero-order valence-electron chi connectivity index (χ0n) is 11.4. The van der Waals surface area contributed by atoms with Crippen LogP contribution in [0.3, 0.4) is 0 Å². The van der Waals surface area contributed by atoms with Crippen LogP contribution in [0, 0.1) is 6.92 Å². The van der Waals surface area contributed by atoms with Gasteiger partial charge >= 0.3 is 0 Å². The van der Waals surface area contributed by atoms with Crippen molar-refractivity contribution in [1.29, 1.82) is 0 Å². The summed E-state index contributed by atoms with van der Waals surface area (Å²) in [5.74, 6) is -0.440. The monoisotopic (exact) mass is 279 g/mol. The molecule has 21 heavy (non-hydrogen) atoms. The Hall–Kier alpha value is -2.95. The molecule has 0 aliphatic rings. The summed E-state index contributed by atoms with van der Waals surface area (Å²) in [6.45, 7) is 1.84. The number of aryl methyl sites for hydroxylation is 1. The third-order valence-electron chi connectivity index (χ3n) is 3.15. The van der Waals surface area contributed by atoms with Crippen molar-refractivity contribution in [2.24, 2.45) is 0 Å². The third kappa shape index (κ3) is 2.53. The second-order valence-corrected chi connectivity index (χ2v) is 4.70. The summed E-state index contributed by atoms with van der Waals surface area (Å²) >= 11 is 0. The molecular weight excluding hydrogens is 266 g/mol. The number of rotatable bonds is 2. The molecule has 2 N–H and O–H groups in total. The van der Waals surface area contributed by atoms with Gasteiger partial charge in [-0.3, -0.25) is 9.59 Å². The number of hydrogen-bond donors (Lipinski definition) is 2. The molecule has 0 spiro atoms. The molecule has 5 nitrogen and oxygen atoms in total. The highest BCUT2D eigenvalue weighted by Crippen LogP contribution is 2.09. The first-order valence-electron chi connectivity index (χ1n) is 6.50. The van der Waals surface area contributed by atoms with E-state index >= 15 is 0 Å². The van der Waals surface area contributed by atoms with Gasteiger partial charge in [-0.05, 0) is 31.2 Å². The zero-order valence-corrected chi connectivity index (χ0v) is 11.4. The number of aromatic amines is 1. The topological polar surface area (TPSA) is 74.8 Å². The zero-order chi connectivity index (χ0) is 14.8. The Labute approximate surface area is 120 Å². The van der Waals surface area contributed by atoms with E-state index in [1.165, 1.54) is 6.20 Å². The quantitative estimate of drug-likeness (QED) is 0.756. The number of benzene rings is 1. The number of carbonyl (C=O) groups is 1. The molecule has 0 unspecified atom stereocenters. The van der Waals surface area contributed by atoms with Crippen molar-refractivity contribution in [3.8, 4) is 0 Å². The number of nitrogens with one attached hydrogen (secondary N) is 2. The van der Waals surface area contributed by atoms with E-state index in [2.05, 4.69) is 15.3 Å². The molecule has 1 aromatic carbocycles. The molecule has 104 valence electrons. The normalized spacial score (nSPS) is 10.5. The fourth-order valence-electron chi connectivity index (χ4n) is 2.09. The molecule has 0 aliphatic heterocycles. The first kappa shape index (κ1) is 13.1. The van der Waals surface area contributed by atoms with E-state index in [1.54, 1.807) is 24.3 Å². The maximum atomic E-state index is 12.4. The van der Waals surface area contributed by atoms with Gasteiger partial charge in [0.15, 0.2) is 0 Å². The standard InChI is InChI=1S/C16H13N3O2/c1-10-7-8-12-14(20)13(9-17-15(12)18-10)16(21)19-11-5-3-2-4-6-11/h2-9H,1H3,(H,19,21)(H,17,18,20). The van der Waals surface area contributed by atoms with E-state index in [9.17, 15) is 9.59 Å². The van der Waals surface area contributed by atoms with Crippen LogP contribution in [-0.4, -0.2) is 15.9 Å². The number of para-hydroxylation sites is 1. The maximum Gasteiger partial charge on any atom is 0.261 e. The molecule has 1 amide bonds. The van der Waals surface area contributed by atoms with Crippen molar-refractivity contribution < 1.29 is 4.79 Å². The van der Waals surface area contributed by atoms with Crippen molar-refractivity contribution in [1.82, 2.24) is 9.97 Å². The van der Waals surface area contributed by atoms with Gasteiger partial charge in [-0.2, -0.15) is 0 Å². The number of amides is 1. The number of H-pyrrole nitrogens is 1. The largest absolute Gasteiger partial charge is 0.345 e. The molecule has 0 saturated heterocycles. The molecule has 0 saturated carbocycles. The van der Waals surface area contributed by atoms with Crippen LogP contribution in [0.25, 0.3) is 11.0 Å². The molecule has 2 aromatic heterocycles. The minimum absolute atomic E-state index is 0.0667. The number of aromatic nitrogens is 2. The first-order valence-corrected chi connectivity index (χ1v) is 6.50. The summed E-state index contributed by atoms with van der Waals surface area (Å²) < 4.78 is 0.